The summed E-state index contributed by atoms with van der Waals surface area (Å²) in [5.74, 6) is 0.717. The van der Waals surface area contributed by atoms with Crippen molar-refractivity contribution in [2.24, 2.45) is 5.92 Å². The van der Waals surface area contributed by atoms with Gasteiger partial charge in [-0.2, -0.15) is 0 Å². The van der Waals surface area contributed by atoms with Gasteiger partial charge in [-0.05, 0) is 31.7 Å². The van der Waals surface area contributed by atoms with Gasteiger partial charge < -0.3 is 5.32 Å². The molecule has 0 amide bonds. The van der Waals surface area contributed by atoms with Crippen molar-refractivity contribution in [3.63, 3.8) is 0 Å². The molecule has 0 aromatic heterocycles. The smallest absolute Gasteiger partial charge is 0.0218 e. The van der Waals surface area contributed by atoms with Crippen molar-refractivity contribution in [3.05, 3.63) is 35.4 Å². The van der Waals surface area contributed by atoms with Crippen LogP contribution in [0, 0.1) is 12.8 Å². The summed E-state index contributed by atoms with van der Waals surface area (Å²) >= 11 is 0. The maximum Gasteiger partial charge on any atom is 0.0218 e. The van der Waals surface area contributed by atoms with Gasteiger partial charge in [-0.1, -0.05) is 43.7 Å². The highest BCUT2D eigenvalue weighted by Gasteiger charge is 2.26. The molecule has 2 nitrogen and oxygen atoms in total. The first kappa shape index (κ1) is 14.5. The molecule has 19 heavy (non-hydrogen) atoms. The molecule has 1 N–H and O–H groups in total. The maximum atomic E-state index is 3.66. The van der Waals surface area contributed by atoms with Gasteiger partial charge in [-0.3, -0.25) is 4.90 Å². The Labute approximate surface area is 118 Å². The SMILES string of the molecule is Cc1cccc(CCN2CC(C(C)C)NCC2C)c1. The van der Waals surface area contributed by atoms with Crippen molar-refractivity contribution >= 4 is 0 Å². The van der Waals surface area contributed by atoms with Gasteiger partial charge in [0.25, 0.3) is 0 Å². The number of hydrogen-bond acceptors (Lipinski definition) is 2. The van der Waals surface area contributed by atoms with Crippen LogP contribution in [-0.2, 0) is 6.42 Å². The number of nitrogens with zero attached hydrogens (tertiary/aromatic N) is 1. The van der Waals surface area contributed by atoms with Gasteiger partial charge in [0, 0.05) is 31.7 Å². The second-order valence-electron chi connectivity index (χ2n) is 6.34. The lowest BCUT2D eigenvalue weighted by atomic mass is 9.99. The van der Waals surface area contributed by atoms with Gasteiger partial charge in [-0.15, -0.1) is 0 Å². The highest BCUT2D eigenvalue weighted by Crippen LogP contribution is 2.14. The molecule has 0 radical (unpaired) electrons. The standard InChI is InChI=1S/C17H28N2/c1-13(2)17-12-19(15(4)11-18-17)9-8-16-7-5-6-14(3)10-16/h5-7,10,13,15,17-18H,8-9,11-12H2,1-4H3. The Kier molecular flexibility index (Phi) is 5.00. The summed E-state index contributed by atoms with van der Waals surface area (Å²) in [5, 5.41) is 3.66. The van der Waals surface area contributed by atoms with Crippen molar-refractivity contribution in [2.45, 2.75) is 46.2 Å². The topological polar surface area (TPSA) is 15.3 Å². The van der Waals surface area contributed by atoms with E-state index < -0.39 is 0 Å². The van der Waals surface area contributed by atoms with Gasteiger partial charge in [0.05, 0.1) is 0 Å². The summed E-state index contributed by atoms with van der Waals surface area (Å²) in [4.78, 5) is 2.64. The van der Waals surface area contributed by atoms with Crippen LogP contribution in [0.1, 0.15) is 31.9 Å². The fourth-order valence-electron chi connectivity index (χ4n) is 2.85. The molecule has 1 aliphatic heterocycles. The average molecular weight is 260 g/mol. The molecule has 1 heterocycles. The highest BCUT2D eigenvalue weighted by molar-refractivity contribution is 5.22. The molecule has 2 rings (SSSR count). The second kappa shape index (κ2) is 6.53. The number of aryl methyl sites for hydroxylation is 1. The first-order valence-electron chi connectivity index (χ1n) is 7.59. The largest absolute Gasteiger partial charge is 0.311 e. The Morgan fingerprint density at radius 3 is 2.84 bits per heavy atom. The fraction of sp³-hybridized carbons (Fsp3) is 0.647. The number of hydrogen-bond donors (Lipinski definition) is 1. The summed E-state index contributed by atoms with van der Waals surface area (Å²) in [5.41, 5.74) is 2.83. The van der Waals surface area contributed by atoms with E-state index in [1.807, 2.05) is 0 Å². The minimum atomic E-state index is 0.647. The molecule has 2 unspecified atom stereocenters. The molecule has 1 aromatic carbocycles. The van der Waals surface area contributed by atoms with E-state index in [0.717, 1.165) is 13.0 Å². The summed E-state index contributed by atoms with van der Waals surface area (Å²) in [6.07, 6.45) is 1.16. The predicted molar refractivity (Wildman–Crippen MR) is 82.5 cm³/mol. The van der Waals surface area contributed by atoms with E-state index >= 15 is 0 Å². The fourth-order valence-corrected chi connectivity index (χ4v) is 2.85. The van der Waals surface area contributed by atoms with Gasteiger partial charge >= 0.3 is 0 Å². The molecule has 0 spiro atoms. The lowest BCUT2D eigenvalue weighted by Crippen LogP contribution is -2.57. The minimum absolute atomic E-state index is 0.647. The van der Waals surface area contributed by atoms with Crippen molar-refractivity contribution in [1.29, 1.82) is 0 Å². The van der Waals surface area contributed by atoms with Crippen LogP contribution in [0.3, 0.4) is 0 Å². The third-order valence-electron chi connectivity index (χ3n) is 4.30. The number of rotatable bonds is 4. The van der Waals surface area contributed by atoms with Gasteiger partial charge in [0.2, 0.25) is 0 Å². The third-order valence-corrected chi connectivity index (χ3v) is 4.30. The molecule has 106 valence electrons. The van der Waals surface area contributed by atoms with Crippen LogP contribution in [0.2, 0.25) is 0 Å². The Hall–Kier alpha value is -0.860. The molecule has 2 atom stereocenters. The molecule has 0 aliphatic carbocycles. The Morgan fingerprint density at radius 1 is 1.37 bits per heavy atom. The zero-order chi connectivity index (χ0) is 13.8. The monoisotopic (exact) mass is 260 g/mol. The molecule has 1 aromatic rings. The van der Waals surface area contributed by atoms with Crippen molar-refractivity contribution < 1.29 is 0 Å². The first-order valence-corrected chi connectivity index (χ1v) is 7.59. The van der Waals surface area contributed by atoms with Gasteiger partial charge in [0.1, 0.15) is 0 Å². The van der Waals surface area contributed by atoms with Crippen molar-refractivity contribution in [2.75, 3.05) is 19.6 Å². The molecule has 0 saturated carbocycles. The van der Waals surface area contributed by atoms with Crippen molar-refractivity contribution in [1.82, 2.24) is 10.2 Å². The van der Waals surface area contributed by atoms with Crippen LogP contribution >= 0.6 is 0 Å². The summed E-state index contributed by atoms with van der Waals surface area (Å²) in [7, 11) is 0. The third kappa shape index (κ3) is 4.05. The van der Waals surface area contributed by atoms with Crippen LogP contribution in [0.25, 0.3) is 0 Å². The quantitative estimate of drug-likeness (QED) is 0.895. The second-order valence-corrected chi connectivity index (χ2v) is 6.34. The number of benzene rings is 1. The van der Waals surface area contributed by atoms with Crippen LogP contribution in [0.5, 0.6) is 0 Å². The Balaban J connectivity index is 1.90. The van der Waals surface area contributed by atoms with E-state index in [9.17, 15) is 0 Å². The Bertz CT molecular complexity index is 400. The number of nitrogens with one attached hydrogen (secondary N) is 1. The van der Waals surface area contributed by atoms with Crippen LogP contribution in [0.4, 0.5) is 0 Å². The Morgan fingerprint density at radius 2 is 2.16 bits per heavy atom. The van der Waals surface area contributed by atoms with Crippen LogP contribution < -0.4 is 5.32 Å². The maximum absolute atomic E-state index is 3.66. The van der Waals surface area contributed by atoms with Crippen molar-refractivity contribution in [3.8, 4) is 0 Å². The van der Waals surface area contributed by atoms with E-state index in [1.54, 1.807) is 0 Å². The molecule has 2 heteroatoms. The molecular weight excluding hydrogens is 232 g/mol. The zero-order valence-corrected chi connectivity index (χ0v) is 12.8. The van der Waals surface area contributed by atoms with E-state index in [2.05, 4.69) is 62.2 Å². The normalized spacial score (nSPS) is 24.9. The molecule has 1 fully saturated rings. The molecule has 1 saturated heterocycles. The predicted octanol–water partition coefficient (Wildman–Crippen LogP) is 2.86. The lowest BCUT2D eigenvalue weighted by Gasteiger charge is -2.40. The summed E-state index contributed by atoms with van der Waals surface area (Å²) in [6, 6.07) is 10.2. The number of piperazine rings is 1. The van der Waals surface area contributed by atoms with E-state index in [1.165, 1.54) is 24.2 Å². The van der Waals surface area contributed by atoms with E-state index in [-0.39, 0.29) is 0 Å². The van der Waals surface area contributed by atoms with E-state index in [0.29, 0.717) is 18.0 Å². The van der Waals surface area contributed by atoms with E-state index in [4.69, 9.17) is 0 Å². The zero-order valence-electron chi connectivity index (χ0n) is 12.8. The van der Waals surface area contributed by atoms with Crippen LogP contribution in [-0.4, -0.2) is 36.6 Å². The summed E-state index contributed by atoms with van der Waals surface area (Å²) in [6.45, 7) is 12.6. The lowest BCUT2D eigenvalue weighted by molar-refractivity contribution is 0.124. The van der Waals surface area contributed by atoms with Gasteiger partial charge in [0.15, 0.2) is 0 Å². The highest BCUT2D eigenvalue weighted by atomic mass is 15.2. The first-order chi connectivity index (χ1) is 9.06. The van der Waals surface area contributed by atoms with Crippen LogP contribution in [0.15, 0.2) is 24.3 Å². The summed E-state index contributed by atoms with van der Waals surface area (Å²) < 4.78 is 0. The van der Waals surface area contributed by atoms with Gasteiger partial charge in [-0.25, -0.2) is 0 Å². The molecular formula is C17H28N2. The average Bonchev–Trinajstić information content (AvgIpc) is 2.37. The minimum Gasteiger partial charge on any atom is -0.311 e. The molecule has 0 bridgehead atoms. The molecule has 1 aliphatic rings.